The summed E-state index contributed by atoms with van der Waals surface area (Å²) in [7, 11) is 0. The standard InChI is InChI=1S/C12H13ClFN3O3/c13-11-9(5-8(14)6-15-11)12(20)17-3-1-16(2-4-17)7-10(18)19/h5-6H,1-4,7H2,(H,18,19). The lowest BCUT2D eigenvalue weighted by Crippen LogP contribution is -2.50. The molecule has 1 saturated heterocycles. The van der Waals surface area contributed by atoms with Gasteiger partial charge in [0.05, 0.1) is 18.3 Å². The molecule has 0 unspecified atom stereocenters. The maximum atomic E-state index is 13.1. The highest BCUT2D eigenvalue weighted by Crippen LogP contribution is 2.17. The molecule has 0 aliphatic carbocycles. The number of hydrogen-bond acceptors (Lipinski definition) is 4. The van der Waals surface area contributed by atoms with Gasteiger partial charge in [-0.25, -0.2) is 9.37 Å². The zero-order valence-electron chi connectivity index (χ0n) is 10.6. The van der Waals surface area contributed by atoms with Crippen LogP contribution in [0.15, 0.2) is 12.3 Å². The van der Waals surface area contributed by atoms with Crippen molar-refractivity contribution < 1.29 is 19.1 Å². The molecule has 1 aromatic heterocycles. The lowest BCUT2D eigenvalue weighted by atomic mass is 10.2. The van der Waals surface area contributed by atoms with Crippen LogP contribution >= 0.6 is 11.6 Å². The van der Waals surface area contributed by atoms with Crippen molar-refractivity contribution in [1.82, 2.24) is 14.8 Å². The molecule has 1 N–H and O–H groups in total. The van der Waals surface area contributed by atoms with Gasteiger partial charge in [-0.2, -0.15) is 0 Å². The number of nitrogens with zero attached hydrogens (tertiary/aromatic N) is 3. The molecule has 2 heterocycles. The molecule has 0 radical (unpaired) electrons. The fourth-order valence-corrected chi connectivity index (χ4v) is 2.23. The number of carboxylic acids is 1. The number of aliphatic carboxylic acids is 1. The second kappa shape index (κ2) is 6.15. The summed E-state index contributed by atoms with van der Waals surface area (Å²) in [4.78, 5) is 29.7. The Morgan fingerprint density at radius 1 is 1.35 bits per heavy atom. The molecule has 1 amide bonds. The lowest BCUT2D eigenvalue weighted by molar-refractivity contribution is -0.138. The smallest absolute Gasteiger partial charge is 0.317 e. The van der Waals surface area contributed by atoms with Gasteiger partial charge in [0.25, 0.3) is 5.91 Å². The van der Waals surface area contributed by atoms with E-state index in [0.29, 0.717) is 26.2 Å². The van der Waals surface area contributed by atoms with Crippen LogP contribution in [0.2, 0.25) is 5.15 Å². The highest BCUT2D eigenvalue weighted by atomic mass is 35.5. The number of carbonyl (C=O) groups is 2. The first-order valence-corrected chi connectivity index (χ1v) is 6.39. The van der Waals surface area contributed by atoms with E-state index in [0.717, 1.165) is 12.3 Å². The summed E-state index contributed by atoms with van der Waals surface area (Å²) in [6, 6.07) is 1.06. The first-order chi connectivity index (χ1) is 9.47. The van der Waals surface area contributed by atoms with Crippen molar-refractivity contribution in [3.8, 4) is 0 Å². The third-order valence-electron chi connectivity index (χ3n) is 3.05. The number of hydrogen-bond donors (Lipinski definition) is 1. The first-order valence-electron chi connectivity index (χ1n) is 6.02. The summed E-state index contributed by atoms with van der Waals surface area (Å²) in [6.07, 6.45) is 0.948. The monoisotopic (exact) mass is 301 g/mol. The number of amides is 1. The molecule has 6 nitrogen and oxygen atoms in total. The maximum Gasteiger partial charge on any atom is 0.317 e. The largest absolute Gasteiger partial charge is 0.480 e. The van der Waals surface area contributed by atoms with E-state index in [1.165, 1.54) is 4.90 Å². The minimum absolute atomic E-state index is 0.0263. The molecule has 8 heteroatoms. The fraction of sp³-hybridized carbons (Fsp3) is 0.417. The van der Waals surface area contributed by atoms with Crippen molar-refractivity contribution in [2.75, 3.05) is 32.7 Å². The fourth-order valence-electron chi connectivity index (χ4n) is 2.04. The van der Waals surface area contributed by atoms with E-state index in [1.807, 2.05) is 0 Å². The van der Waals surface area contributed by atoms with Crippen LogP contribution in [0, 0.1) is 5.82 Å². The van der Waals surface area contributed by atoms with Crippen LogP contribution in [0.3, 0.4) is 0 Å². The molecule has 1 fully saturated rings. The summed E-state index contributed by atoms with van der Waals surface area (Å²) >= 11 is 5.79. The van der Waals surface area contributed by atoms with Crippen LogP contribution in [0.5, 0.6) is 0 Å². The molecule has 0 bridgehead atoms. The molecule has 1 aliphatic heterocycles. The van der Waals surface area contributed by atoms with Crippen molar-refractivity contribution >= 4 is 23.5 Å². The molecule has 0 saturated carbocycles. The molecule has 1 aromatic rings. The number of pyridine rings is 1. The molecular formula is C12H13ClFN3O3. The third-order valence-corrected chi connectivity index (χ3v) is 3.36. The number of aromatic nitrogens is 1. The molecule has 0 atom stereocenters. The maximum absolute atomic E-state index is 13.1. The van der Waals surface area contributed by atoms with Gasteiger partial charge >= 0.3 is 5.97 Å². The van der Waals surface area contributed by atoms with Crippen molar-refractivity contribution in [1.29, 1.82) is 0 Å². The number of carbonyl (C=O) groups excluding carboxylic acids is 1. The second-order valence-corrected chi connectivity index (χ2v) is 4.81. The number of carboxylic acid groups (broad SMARTS) is 1. The molecule has 20 heavy (non-hydrogen) atoms. The predicted octanol–water partition coefficient (Wildman–Crippen LogP) is 0.717. The second-order valence-electron chi connectivity index (χ2n) is 4.45. The van der Waals surface area contributed by atoms with Crippen LogP contribution in [-0.2, 0) is 4.79 Å². The topological polar surface area (TPSA) is 73.7 Å². The van der Waals surface area contributed by atoms with E-state index < -0.39 is 17.7 Å². The molecule has 2 rings (SSSR count). The number of piperazine rings is 1. The lowest BCUT2D eigenvalue weighted by Gasteiger charge is -2.33. The zero-order valence-corrected chi connectivity index (χ0v) is 11.3. The van der Waals surface area contributed by atoms with Crippen LogP contribution in [0.4, 0.5) is 4.39 Å². The molecule has 1 aliphatic rings. The quantitative estimate of drug-likeness (QED) is 0.833. The van der Waals surface area contributed by atoms with Gasteiger partial charge in [-0.15, -0.1) is 0 Å². The average molecular weight is 302 g/mol. The van der Waals surface area contributed by atoms with Gasteiger partial charge in [0.2, 0.25) is 0 Å². The Kier molecular flexibility index (Phi) is 4.51. The van der Waals surface area contributed by atoms with Gasteiger partial charge in [0.1, 0.15) is 11.0 Å². The minimum Gasteiger partial charge on any atom is -0.480 e. The van der Waals surface area contributed by atoms with E-state index in [-0.39, 0.29) is 17.3 Å². The van der Waals surface area contributed by atoms with Crippen LogP contribution in [0.1, 0.15) is 10.4 Å². The Labute approximate surface area is 119 Å². The summed E-state index contributed by atoms with van der Waals surface area (Å²) in [5.41, 5.74) is 0.0263. The summed E-state index contributed by atoms with van der Waals surface area (Å²) in [6.45, 7) is 1.61. The normalized spacial score (nSPS) is 16.2. The molecule has 0 aromatic carbocycles. The van der Waals surface area contributed by atoms with Gasteiger partial charge in [0.15, 0.2) is 0 Å². The molecule has 108 valence electrons. The van der Waals surface area contributed by atoms with Gasteiger partial charge in [-0.05, 0) is 6.07 Å². The Morgan fingerprint density at radius 3 is 2.60 bits per heavy atom. The van der Waals surface area contributed by atoms with E-state index in [9.17, 15) is 14.0 Å². The van der Waals surface area contributed by atoms with Gasteiger partial charge in [-0.1, -0.05) is 11.6 Å². The average Bonchev–Trinajstić information content (AvgIpc) is 2.41. The Morgan fingerprint density at radius 2 is 2.00 bits per heavy atom. The Hall–Kier alpha value is -1.73. The third kappa shape index (κ3) is 3.43. The first kappa shape index (κ1) is 14.7. The Balaban J connectivity index is 2.01. The van der Waals surface area contributed by atoms with Crippen molar-refractivity contribution in [2.24, 2.45) is 0 Å². The SMILES string of the molecule is O=C(O)CN1CCN(C(=O)c2cc(F)cnc2Cl)CC1. The van der Waals surface area contributed by atoms with Crippen LogP contribution in [-0.4, -0.2) is 64.5 Å². The van der Waals surface area contributed by atoms with Gasteiger partial charge in [0, 0.05) is 26.2 Å². The van der Waals surface area contributed by atoms with Crippen LogP contribution < -0.4 is 0 Å². The summed E-state index contributed by atoms with van der Waals surface area (Å²) < 4.78 is 13.1. The van der Waals surface area contributed by atoms with Crippen molar-refractivity contribution in [2.45, 2.75) is 0 Å². The van der Waals surface area contributed by atoms with Crippen molar-refractivity contribution in [3.05, 3.63) is 28.8 Å². The van der Waals surface area contributed by atoms with E-state index in [2.05, 4.69) is 4.98 Å². The highest BCUT2D eigenvalue weighted by Gasteiger charge is 2.25. The zero-order chi connectivity index (χ0) is 14.7. The number of halogens is 2. The summed E-state index contributed by atoms with van der Waals surface area (Å²) in [5.74, 6) is -1.92. The van der Waals surface area contributed by atoms with Crippen molar-refractivity contribution in [3.63, 3.8) is 0 Å². The highest BCUT2D eigenvalue weighted by molar-refractivity contribution is 6.32. The predicted molar refractivity (Wildman–Crippen MR) is 69.2 cm³/mol. The van der Waals surface area contributed by atoms with Crippen LogP contribution in [0.25, 0.3) is 0 Å². The van der Waals surface area contributed by atoms with E-state index in [4.69, 9.17) is 16.7 Å². The minimum atomic E-state index is -0.901. The van der Waals surface area contributed by atoms with E-state index >= 15 is 0 Å². The Bertz CT molecular complexity index is 533. The summed E-state index contributed by atoms with van der Waals surface area (Å²) in [5, 5.41) is 8.66. The van der Waals surface area contributed by atoms with Gasteiger partial charge in [-0.3, -0.25) is 14.5 Å². The molecular weight excluding hydrogens is 289 g/mol. The number of rotatable bonds is 3. The van der Waals surface area contributed by atoms with Gasteiger partial charge < -0.3 is 10.0 Å². The molecule has 0 spiro atoms. The van der Waals surface area contributed by atoms with E-state index in [1.54, 1.807) is 4.90 Å².